The van der Waals surface area contributed by atoms with Crippen molar-refractivity contribution in [2.24, 2.45) is 5.92 Å². The van der Waals surface area contributed by atoms with Gasteiger partial charge in [0.05, 0.1) is 6.61 Å². The minimum absolute atomic E-state index is 0.397. The molecule has 0 aliphatic carbocycles. The largest absolute Gasteiger partial charge is 0.463 e. The molecule has 0 aliphatic heterocycles. The van der Waals surface area contributed by atoms with E-state index in [-0.39, 0.29) is 0 Å². The average Bonchev–Trinajstić information content (AvgIpc) is 2.02. The van der Waals surface area contributed by atoms with E-state index in [0.717, 1.165) is 18.2 Å². The predicted octanol–water partition coefficient (Wildman–Crippen LogP) is 1.26. The van der Waals surface area contributed by atoms with Crippen molar-refractivity contribution in [2.75, 3.05) is 12.9 Å². The summed E-state index contributed by atoms with van der Waals surface area (Å²) in [6.07, 6.45) is 2.50. The van der Waals surface area contributed by atoms with Gasteiger partial charge in [-0.15, -0.1) is 11.8 Å². The molecule has 72 valence electrons. The van der Waals surface area contributed by atoms with Gasteiger partial charge in [0.1, 0.15) is 0 Å². The number of aliphatic hydroxyl groups excluding tert-OH is 1. The molecule has 0 saturated carbocycles. The molecule has 1 atom stereocenters. The van der Waals surface area contributed by atoms with Crippen LogP contribution in [-0.2, 0) is 9.53 Å². The first kappa shape index (κ1) is 11.8. The third-order valence-electron chi connectivity index (χ3n) is 1.36. The van der Waals surface area contributed by atoms with E-state index in [4.69, 9.17) is 9.84 Å². The molecule has 4 heteroatoms. The molecule has 0 heterocycles. The molecule has 0 rings (SSSR count). The second kappa shape index (κ2) is 6.31. The maximum Gasteiger partial charge on any atom is 0.345 e. The fourth-order valence-electron chi connectivity index (χ4n) is 0.563. The molecule has 1 N–H and O–H groups in total. The van der Waals surface area contributed by atoms with E-state index in [1.807, 2.05) is 0 Å². The molecule has 0 amide bonds. The highest BCUT2D eigenvalue weighted by Gasteiger charge is 2.14. The van der Waals surface area contributed by atoms with Crippen LogP contribution >= 0.6 is 11.8 Å². The van der Waals surface area contributed by atoms with Crippen LogP contribution in [-0.4, -0.2) is 29.4 Å². The van der Waals surface area contributed by atoms with Crippen LogP contribution < -0.4 is 0 Å². The number of ether oxygens (including phenoxy) is 1. The van der Waals surface area contributed by atoms with Crippen LogP contribution in [0.15, 0.2) is 0 Å². The van der Waals surface area contributed by atoms with Gasteiger partial charge in [-0.3, -0.25) is 0 Å². The molecule has 0 saturated heterocycles. The highest BCUT2D eigenvalue weighted by Crippen LogP contribution is 2.05. The molecule has 0 fully saturated rings. The van der Waals surface area contributed by atoms with Crippen LogP contribution in [0.5, 0.6) is 0 Å². The van der Waals surface area contributed by atoms with Crippen molar-refractivity contribution in [3.05, 3.63) is 0 Å². The van der Waals surface area contributed by atoms with Crippen LogP contribution in [0.25, 0.3) is 0 Å². The third kappa shape index (κ3) is 5.43. The Labute approximate surface area is 77.5 Å². The summed E-state index contributed by atoms with van der Waals surface area (Å²) < 4.78 is 4.80. The lowest BCUT2D eigenvalue weighted by atomic mass is 10.1. The Balaban J connectivity index is 3.44. The minimum Gasteiger partial charge on any atom is -0.463 e. The van der Waals surface area contributed by atoms with Crippen LogP contribution in [0.2, 0.25) is 0 Å². The first-order valence-electron chi connectivity index (χ1n) is 3.95. The number of thioether (sulfide) groups is 1. The van der Waals surface area contributed by atoms with Crippen molar-refractivity contribution in [1.29, 1.82) is 0 Å². The van der Waals surface area contributed by atoms with Crippen molar-refractivity contribution >= 4 is 17.7 Å². The zero-order chi connectivity index (χ0) is 9.56. The summed E-state index contributed by atoms with van der Waals surface area (Å²) in [7, 11) is 0. The number of hydrogen-bond acceptors (Lipinski definition) is 4. The number of rotatable bonds is 5. The van der Waals surface area contributed by atoms with Crippen molar-refractivity contribution in [3.63, 3.8) is 0 Å². The molecule has 0 radical (unpaired) electrons. The van der Waals surface area contributed by atoms with E-state index in [1.54, 1.807) is 6.26 Å². The Kier molecular flexibility index (Phi) is 6.20. The fraction of sp³-hybridized carbons (Fsp3) is 0.875. The second-order valence-electron chi connectivity index (χ2n) is 2.94. The van der Waals surface area contributed by atoms with Gasteiger partial charge in [-0.25, -0.2) is 4.79 Å². The number of carbonyl (C=O) groups excluding carboxylic acids is 1. The number of esters is 1. The average molecular weight is 192 g/mol. The topological polar surface area (TPSA) is 46.5 Å². The lowest BCUT2D eigenvalue weighted by molar-refractivity contribution is -0.149. The van der Waals surface area contributed by atoms with Crippen LogP contribution in [0.3, 0.4) is 0 Å². The molecule has 1 unspecified atom stereocenters. The van der Waals surface area contributed by atoms with Gasteiger partial charge in [0.25, 0.3) is 0 Å². The summed E-state index contributed by atoms with van der Waals surface area (Å²) >= 11 is 1.07. The summed E-state index contributed by atoms with van der Waals surface area (Å²) in [6, 6.07) is 0. The fourth-order valence-corrected chi connectivity index (χ4v) is 0.823. The van der Waals surface area contributed by atoms with Crippen molar-refractivity contribution in [3.8, 4) is 0 Å². The van der Waals surface area contributed by atoms with Crippen molar-refractivity contribution in [1.82, 2.24) is 0 Å². The second-order valence-corrected chi connectivity index (χ2v) is 3.86. The first-order valence-corrected chi connectivity index (χ1v) is 5.24. The van der Waals surface area contributed by atoms with Gasteiger partial charge in [0, 0.05) is 0 Å². The van der Waals surface area contributed by atoms with E-state index in [2.05, 4.69) is 13.8 Å². The van der Waals surface area contributed by atoms with Gasteiger partial charge in [0.2, 0.25) is 0 Å². The zero-order valence-corrected chi connectivity index (χ0v) is 8.56. The van der Waals surface area contributed by atoms with Crippen molar-refractivity contribution < 1.29 is 14.6 Å². The van der Waals surface area contributed by atoms with Gasteiger partial charge in [0.15, 0.2) is 5.44 Å². The SMILES string of the molecule is CSC(O)C(=O)OCCC(C)C. The summed E-state index contributed by atoms with van der Waals surface area (Å²) in [5, 5.41) is 8.98. The van der Waals surface area contributed by atoms with Crippen LogP contribution in [0, 0.1) is 5.92 Å². The van der Waals surface area contributed by atoms with E-state index < -0.39 is 11.4 Å². The standard InChI is InChI=1S/C8H16O3S/c1-6(2)4-5-11-7(9)8(10)12-3/h6,8,10H,4-5H2,1-3H3. The van der Waals surface area contributed by atoms with Gasteiger partial charge >= 0.3 is 5.97 Å². The molecule has 12 heavy (non-hydrogen) atoms. The highest BCUT2D eigenvalue weighted by atomic mass is 32.2. The quantitative estimate of drug-likeness (QED) is 0.526. The Morgan fingerprint density at radius 1 is 1.58 bits per heavy atom. The van der Waals surface area contributed by atoms with Gasteiger partial charge < -0.3 is 9.84 Å². The first-order chi connectivity index (χ1) is 5.57. The maximum atomic E-state index is 10.9. The Hall–Kier alpha value is -0.220. The molecule has 0 aliphatic rings. The number of carbonyl (C=O) groups is 1. The predicted molar refractivity (Wildman–Crippen MR) is 49.9 cm³/mol. The zero-order valence-electron chi connectivity index (χ0n) is 7.74. The number of hydrogen-bond donors (Lipinski definition) is 1. The van der Waals surface area contributed by atoms with E-state index >= 15 is 0 Å². The summed E-state index contributed by atoms with van der Waals surface area (Å²) in [5.74, 6) is -0.0210. The Bertz CT molecular complexity index is 136. The monoisotopic (exact) mass is 192 g/mol. The van der Waals surface area contributed by atoms with E-state index in [9.17, 15) is 4.79 Å². The summed E-state index contributed by atoms with van der Waals surface area (Å²) in [6.45, 7) is 4.51. The minimum atomic E-state index is -1.03. The lowest BCUT2D eigenvalue weighted by Gasteiger charge is -2.08. The Morgan fingerprint density at radius 2 is 2.17 bits per heavy atom. The molecule has 3 nitrogen and oxygen atoms in total. The normalized spacial score (nSPS) is 13.1. The summed E-state index contributed by atoms with van der Waals surface area (Å²) in [4.78, 5) is 10.9. The molecule has 0 aromatic rings. The highest BCUT2D eigenvalue weighted by molar-refractivity contribution is 7.99. The Morgan fingerprint density at radius 3 is 2.58 bits per heavy atom. The molecule has 0 aromatic carbocycles. The van der Waals surface area contributed by atoms with E-state index in [0.29, 0.717) is 12.5 Å². The molecular weight excluding hydrogens is 176 g/mol. The van der Waals surface area contributed by atoms with E-state index in [1.165, 1.54) is 0 Å². The van der Waals surface area contributed by atoms with Gasteiger partial charge in [-0.05, 0) is 18.6 Å². The number of aliphatic hydroxyl groups is 1. The van der Waals surface area contributed by atoms with Gasteiger partial charge in [-0.1, -0.05) is 13.8 Å². The van der Waals surface area contributed by atoms with Crippen molar-refractivity contribution in [2.45, 2.75) is 25.7 Å². The lowest BCUT2D eigenvalue weighted by Crippen LogP contribution is -2.20. The van der Waals surface area contributed by atoms with Crippen LogP contribution in [0.1, 0.15) is 20.3 Å². The molecule has 0 aromatic heterocycles. The molecule has 0 bridgehead atoms. The van der Waals surface area contributed by atoms with Crippen LogP contribution in [0.4, 0.5) is 0 Å². The van der Waals surface area contributed by atoms with Gasteiger partial charge in [-0.2, -0.15) is 0 Å². The smallest absolute Gasteiger partial charge is 0.345 e. The molecule has 0 spiro atoms. The maximum absolute atomic E-state index is 10.9. The molecular formula is C8H16O3S. The third-order valence-corrected chi connectivity index (χ3v) is 2.00. The summed E-state index contributed by atoms with van der Waals surface area (Å²) in [5.41, 5.74) is -1.03.